The lowest BCUT2D eigenvalue weighted by molar-refractivity contribution is -0.308. The van der Waals surface area contributed by atoms with E-state index in [4.69, 9.17) is 0 Å². The van der Waals surface area contributed by atoms with E-state index in [1.807, 2.05) is 0 Å². The van der Waals surface area contributed by atoms with Crippen LogP contribution in [0.3, 0.4) is 0 Å². The van der Waals surface area contributed by atoms with Gasteiger partial charge in [0.05, 0.1) is 5.97 Å². The van der Waals surface area contributed by atoms with Crippen molar-refractivity contribution in [3.8, 4) is 0 Å². The third kappa shape index (κ3) is 4.55. The molecule has 0 aromatic carbocycles. The summed E-state index contributed by atoms with van der Waals surface area (Å²) >= 11 is 1.01. The molecule has 0 aromatic heterocycles. The van der Waals surface area contributed by atoms with Crippen LogP contribution in [-0.4, -0.2) is 16.5 Å². The maximum atomic E-state index is 10.9. The SMILES string of the molecule is CCCCC(C)([SH+]CCC)C(=O)[O-]. The summed E-state index contributed by atoms with van der Waals surface area (Å²) in [4.78, 5) is 10.9. The summed E-state index contributed by atoms with van der Waals surface area (Å²) in [5.41, 5.74) is 0. The molecule has 0 rings (SSSR count). The van der Waals surface area contributed by atoms with Crippen molar-refractivity contribution in [3.63, 3.8) is 0 Å². The topological polar surface area (TPSA) is 40.1 Å². The maximum Gasteiger partial charge on any atom is 0.162 e. The summed E-state index contributed by atoms with van der Waals surface area (Å²) in [5.74, 6) is 0.0600. The fourth-order valence-corrected chi connectivity index (χ4v) is 2.29. The predicted octanol–water partition coefficient (Wildman–Crippen LogP) is 0.910. The molecule has 0 amide bonds. The van der Waals surface area contributed by atoms with E-state index in [0.717, 1.165) is 43.2 Å². The first kappa shape index (κ1) is 12.8. The summed E-state index contributed by atoms with van der Waals surface area (Å²) in [5, 5.41) is 10.9. The van der Waals surface area contributed by atoms with Crippen molar-refractivity contribution in [2.24, 2.45) is 0 Å². The van der Waals surface area contributed by atoms with Gasteiger partial charge >= 0.3 is 0 Å². The minimum absolute atomic E-state index is 0.619. The smallest absolute Gasteiger partial charge is 0.162 e. The van der Waals surface area contributed by atoms with Crippen molar-refractivity contribution >= 4 is 17.7 Å². The summed E-state index contributed by atoms with van der Waals surface area (Å²) < 4.78 is -0.619. The first-order chi connectivity index (χ1) is 6.06. The molecule has 1 unspecified atom stereocenters. The summed E-state index contributed by atoms with van der Waals surface area (Å²) in [7, 11) is 0. The second-order valence-corrected chi connectivity index (χ2v) is 5.30. The quantitative estimate of drug-likeness (QED) is 0.457. The molecule has 0 bridgehead atoms. The molecule has 0 aliphatic carbocycles. The number of unbranched alkanes of at least 4 members (excludes halogenated alkanes) is 1. The molecule has 0 spiro atoms. The van der Waals surface area contributed by atoms with Crippen LogP contribution in [0, 0.1) is 0 Å². The van der Waals surface area contributed by atoms with Gasteiger partial charge < -0.3 is 9.90 Å². The Hall–Kier alpha value is -0.180. The van der Waals surface area contributed by atoms with Crippen molar-refractivity contribution in [3.05, 3.63) is 0 Å². The van der Waals surface area contributed by atoms with Crippen molar-refractivity contribution in [1.82, 2.24) is 0 Å². The monoisotopic (exact) mass is 204 g/mol. The van der Waals surface area contributed by atoms with Crippen LogP contribution in [0.2, 0.25) is 0 Å². The van der Waals surface area contributed by atoms with Crippen molar-refractivity contribution in [2.75, 3.05) is 5.75 Å². The molecule has 0 saturated carbocycles. The minimum Gasteiger partial charge on any atom is -0.544 e. The Morgan fingerprint density at radius 1 is 1.38 bits per heavy atom. The molecule has 0 aliphatic heterocycles. The molecule has 0 saturated heterocycles. The lowest BCUT2D eigenvalue weighted by Gasteiger charge is -2.22. The number of thiol groups is 1. The number of carboxylic acids is 1. The second-order valence-electron chi connectivity index (χ2n) is 3.55. The molecule has 1 atom stereocenters. The van der Waals surface area contributed by atoms with E-state index in [2.05, 4.69) is 13.8 Å². The molecule has 0 heterocycles. The molecular weight excluding hydrogens is 184 g/mol. The number of carbonyl (C=O) groups excluding carboxylic acids is 1. The molecule has 0 fully saturated rings. The highest BCUT2D eigenvalue weighted by molar-refractivity contribution is 7.80. The van der Waals surface area contributed by atoms with E-state index in [9.17, 15) is 9.90 Å². The van der Waals surface area contributed by atoms with E-state index >= 15 is 0 Å². The van der Waals surface area contributed by atoms with Gasteiger partial charge in [-0.1, -0.05) is 20.3 Å². The normalized spacial score (nSPS) is 15.3. The van der Waals surface area contributed by atoms with Gasteiger partial charge in [0.2, 0.25) is 0 Å². The number of aliphatic carboxylic acids is 1. The standard InChI is InChI=1S/C10H20O2S/c1-4-6-7-10(3,9(11)12)13-8-5-2/h4-8H2,1-3H3,(H,11,12). The summed E-state index contributed by atoms with van der Waals surface area (Å²) in [6.07, 6.45) is 3.80. The van der Waals surface area contributed by atoms with E-state index in [1.165, 1.54) is 0 Å². The Labute approximate surface area is 85.1 Å². The van der Waals surface area contributed by atoms with Crippen LogP contribution >= 0.6 is 0 Å². The van der Waals surface area contributed by atoms with Crippen LogP contribution in [0.5, 0.6) is 0 Å². The molecule has 2 nitrogen and oxygen atoms in total. The molecule has 3 heteroatoms. The highest BCUT2D eigenvalue weighted by Gasteiger charge is 2.32. The van der Waals surface area contributed by atoms with Crippen molar-refractivity contribution < 1.29 is 9.90 Å². The first-order valence-corrected chi connectivity index (χ1v) is 6.05. The zero-order chi connectivity index (χ0) is 10.3. The van der Waals surface area contributed by atoms with Crippen LogP contribution in [0.25, 0.3) is 0 Å². The third-order valence-corrected chi connectivity index (χ3v) is 3.92. The molecule has 0 aliphatic rings. The molecule has 13 heavy (non-hydrogen) atoms. The first-order valence-electron chi connectivity index (χ1n) is 4.97. The van der Waals surface area contributed by atoms with Gasteiger partial charge in [-0.3, -0.25) is 0 Å². The second kappa shape index (κ2) is 6.30. The Bertz CT molecular complexity index is 149. The Morgan fingerprint density at radius 3 is 2.38 bits per heavy atom. The van der Waals surface area contributed by atoms with Crippen molar-refractivity contribution in [2.45, 2.75) is 51.2 Å². The van der Waals surface area contributed by atoms with Gasteiger partial charge in [-0.2, -0.15) is 0 Å². The molecule has 0 N–H and O–H groups in total. The van der Waals surface area contributed by atoms with E-state index < -0.39 is 10.7 Å². The highest BCUT2D eigenvalue weighted by Crippen LogP contribution is 2.19. The summed E-state index contributed by atoms with van der Waals surface area (Å²) in [6, 6.07) is 0. The average Bonchev–Trinajstić information content (AvgIpc) is 2.11. The van der Waals surface area contributed by atoms with E-state index in [-0.39, 0.29) is 0 Å². The maximum absolute atomic E-state index is 10.9. The zero-order valence-corrected chi connectivity index (χ0v) is 9.69. The Kier molecular flexibility index (Phi) is 6.21. The van der Waals surface area contributed by atoms with Gasteiger partial charge in [-0.05, 0) is 31.5 Å². The van der Waals surface area contributed by atoms with Crippen LogP contribution < -0.4 is 5.11 Å². The number of rotatable bonds is 7. The molecule has 78 valence electrons. The Morgan fingerprint density at radius 2 is 2.00 bits per heavy atom. The van der Waals surface area contributed by atoms with Gasteiger partial charge in [0.1, 0.15) is 5.75 Å². The van der Waals surface area contributed by atoms with Crippen LogP contribution in [0.1, 0.15) is 46.5 Å². The third-order valence-electron chi connectivity index (χ3n) is 2.14. The van der Waals surface area contributed by atoms with Gasteiger partial charge in [0.15, 0.2) is 4.75 Å². The summed E-state index contributed by atoms with van der Waals surface area (Å²) in [6.45, 7) is 5.95. The number of carboxylic acid groups (broad SMARTS) is 1. The lowest BCUT2D eigenvalue weighted by Crippen LogP contribution is -2.47. The Balaban J connectivity index is 4.08. The number of carbonyl (C=O) groups is 1. The average molecular weight is 204 g/mol. The highest BCUT2D eigenvalue weighted by atomic mass is 32.2. The van der Waals surface area contributed by atoms with E-state index in [1.54, 1.807) is 6.92 Å². The molecule has 0 radical (unpaired) electrons. The largest absolute Gasteiger partial charge is 0.544 e. The zero-order valence-electron chi connectivity index (χ0n) is 8.80. The van der Waals surface area contributed by atoms with E-state index in [0.29, 0.717) is 0 Å². The van der Waals surface area contributed by atoms with Crippen molar-refractivity contribution in [1.29, 1.82) is 0 Å². The lowest BCUT2D eigenvalue weighted by atomic mass is 10.0. The van der Waals surface area contributed by atoms with Gasteiger partial charge in [0.25, 0.3) is 0 Å². The number of hydrogen-bond acceptors (Lipinski definition) is 2. The van der Waals surface area contributed by atoms with Crippen LogP contribution in [-0.2, 0) is 16.6 Å². The molecule has 0 aromatic rings. The fraction of sp³-hybridized carbons (Fsp3) is 0.900. The molecular formula is C10H20O2S. The van der Waals surface area contributed by atoms with Crippen LogP contribution in [0.4, 0.5) is 0 Å². The fourth-order valence-electron chi connectivity index (χ4n) is 1.13. The predicted molar refractivity (Wildman–Crippen MR) is 56.9 cm³/mol. The van der Waals surface area contributed by atoms with Gasteiger partial charge in [-0.25, -0.2) is 0 Å². The minimum atomic E-state index is -0.893. The van der Waals surface area contributed by atoms with Gasteiger partial charge in [-0.15, -0.1) is 0 Å². The van der Waals surface area contributed by atoms with Gasteiger partial charge in [0, 0.05) is 6.42 Å². The van der Waals surface area contributed by atoms with Crippen LogP contribution in [0.15, 0.2) is 0 Å². The number of hydrogen-bond donors (Lipinski definition) is 0.